The third-order valence-corrected chi connectivity index (χ3v) is 13.7. The van der Waals surface area contributed by atoms with Crippen LogP contribution >= 0.6 is 0 Å². The smallest absolute Gasteiger partial charge is 0.410 e. The number of carbonyl (C=O) groups excluding carboxylic acids is 3. The Balaban J connectivity index is 1.01. The lowest BCUT2D eigenvalue weighted by Gasteiger charge is -2.47. The molecule has 3 aromatic carbocycles. The molecular formula is C55H71N3O8. The quantitative estimate of drug-likeness (QED) is 0.122. The summed E-state index contributed by atoms with van der Waals surface area (Å²) in [5, 5.41) is 0. The first-order valence-corrected chi connectivity index (χ1v) is 24.2. The van der Waals surface area contributed by atoms with Crippen LogP contribution in [0.2, 0.25) is 0 Å². The standard InChI is InChI=1S/C55H71N3O8/c1-9-46-39(5)47(63-50(59)41-20-12-10-13-21-41)48(64-51(60)42-22-14-11-15-23-42)52(62-46)65-49-44(45(35-56-49)37(2)3)34-43-25-24-40(33-38(43)4)19-16-17-29-57-30-18-26-55(36-57)27-31-58(32-28-55)53(61)66-54(6,7)8/h10-16,19-25,33,37,39,46-48,52H,9,17-18,26-32,34-36H2,1-8H3/b19-16+/t39-,46-,47+,48-,52+/m1/s1. The van der Waals surface area contributed by atoms with Gasteiger partial charge in [0, 0.05) is 44.1 Å². The molecule has 4 aliphatic rings. The van der Waals surface area contributed by atoms with Crippen molar-refractivity contribution in [2.24, 2.45) is 22.2 Å². The zero-order valence-electron chi connectivity index (χ0n) is 40.4. The molecule has 3 saturated heterocycles. The molecule has 0 aliphatic carbocycles. The summed E-state index contributed by atoms with van der Waals surface area (Å²) >= 11 is 0. The van der Waals surface area contributed by atoms with E-state index in [2.05, 4.69) is 56.0 Å². The van der Waals surface area contributed by atoms with Crippen molar-refractivity contribution in [1.82, 2.24) is 9.80 Å². The van der Waals surface area contributed by atoms with E-state index in [0.717, 1.165) is 63.1 Å². The van der Waals surface area contributed by atoms with Crippen LogP contribution in [0.25, 0.3) is 6.08 Å². The summed E-state index contributed by atoms with van der Waals surface area (Å²) in [7, 11) is 0. The van der Waals surface area contributed by atoms with Crippen LogP contribution in [0.15, 0.2) is 101 Å². The first-order chi connectivity index (χ1) is 31.6. The summed E-state index contributed by atoms with van der Waals surface area (Å²) in [6.45, 7) is 21.5. The van der Waals surface area contributed by atoms with Crippen molar-refractivity contribution >= 4 is 30.0 Å². The van der Waals surface area contributed by atoms with Crippen LogP contribution < -0.4 is 0 Å². The second-order valence-electron chi connectivity index (χ2n) is 20.1. The van der Waals surface area contributed by atoms with E-state index < -0.39 is 36.0 Å². The minimum absolute atomic E-state index is 0.190. The van der Waals surface area contributed by atoms with E-state index in [1.165, 1.54) is 29.5 Å². The summed E-state index contributed by atoms with van der Waals surface area (Å²) in [6.07, 6.45) is 7.65. The number of aliphatic imine (C=N–C) groups is 1. The summed E-state index contributed by atoms with van der Waals surface area (Å²) in [5.41, 5.74) is 6.25. The Bertz CT molecular complexity index is 2240. The summed E-state index contributed by atoms with van der Waals surface area (Å²) in [4.78, 5) is 49.4. The number of carbonyl (C=O) groups is 3. The molecule has 3 fully saturated rings. The van der Waals surface area contributed by atoms with Gasteiger partial charge < -0.3 is 33.5 Å². The van der Waals surface area contributed by atoms with Crippen molar-refractivity contribution in [2.75, 3.05) is 39.3 Å². The molecule has 0 unspecified atom stereocenters. The minimum Gasteiger partial charge on any atom is -0.454 e. The van der Waals surface area contributed by atoms with E-state index in [-0.39, 0.29) is 29.4 Å². The average Bonchev–Trinajstić information content (AvgIpc) is 3.70. The van der Waals surface area contributed by atoms with Crippen LogP contribution in [-0.4, -0.2) is 103 Å². The number of hydrogen-bond donors (Lipinski definition) is 0. The van der Waals surface area contributed by atoms with Crippen LogP contribution in [0.4, 0.5) is 4.79 Å². The van der Waals surface area contributed by atoms with Crippen molar-refractivity contribution in [3.8, 4) is 0 Å². The molecule has 1 amide bonds. The van der Waals surface area contributed by atoms with E-state index in [9.17, 15) is 14.4 Å². The Kier molecular flexibility index (Phi) is 15.9. The van der Waals surface area contributed by atoms with Gasteiger partial charge in [-0.3, -0.25) is 0 Å². The zero-order chi connectivity index (χ0) is 47.0. The number of likely N-dealkylation sites (tertiary alicyclic amines) is 2. The maximum absolute atomic E-state index is 13.7. The van der Waals surface area contributed by atoms with Crippen LogP contribution in [0.3, 0.4) is 0 Å². The first-order valence-electron chi connectivity index (χ1n) is 24.2. The van der Waals surface area contributed by atoms with Gasteiger partial charge in [0.25, 0.3) is 0 Å². The average molecular weight is 902 g/mol. The molecule has 4 aliphatic heterocycles. The predicted octanol–water partition coefficient (Wildman–Crippen LogP) is 10.7. The lowest BCUT2D eigenvalue weighted by atomic mass is 9.72. The molecule has 0 aromatic heterocycles. The third-order valence-electron chi connectivity index (χ3n) is 13.7. The Morgan fingerprint density at radius 3 is 2.15 bits per heavy atom. The van der Waals surface area contributed by atoms with Gasteiger partial charge in [0.1, 0.15) is 5.60 Å². The van der Waals surface area contributed by atoms with Crippen LogP contribution in [0.1, 0.15) is 124 Å². The van der Waals surface area contributed by atoms with Gasteiger partial charge in [-0.25, -0.2) is 19.4 Å². The number of rotatable bonds is 13. The molecule has 11 nitrogen and oxygen atoms in total. The summed E-state index contributed by atoms with van der Waals surface area (Å²) < 4.78 is 31.5. The topological polar surface area (TPSA) is 116 Å². The van der Waals surface area contributed by atoms with E-state index in [0.29, 0.717) is 36.4 Å². The first kappa shape index (κ1) is 48.7. The molecule has 0 radical (unpaired) electrons. The van der Waals surface area contributed by atoms with Gasteiger partial charge in [0.05, 0.1) is 23.8 Å². The molecule has 3 aromatic rings. The molecule has 11 heteroatoms. The van der Waals surface area contributed by atoms with Crippen LogP contribution in [0.5, 0.6) is 0 Å². The van der Waals surface area contributed by atoms with Crippen molar-refractivity contribution in [3.05, 3.63) is 124 Å². The lowest BCUT2D eigenvalue weighted by Crippen LogP contribution is -2.57. The molecular weight excluding hydrogens is 831 g/mol. The Labute approximate surface area is 392 Å². The van der Waals surface area contributed by atoms with Gasteiger partial charge in [-0.1, -0.05) is 94.4 Å². The van der Waals surface area contributed by atoms with Gasteiger partial charge in [0.2, 0.25) is 18.3 Å². The van der Waals surface area contributed by atoms with Crippen LogP contribution in [-0.2, 0) is 30.1 Å². The highest BCUT2D eigenvalue weighted by atomic mass is 16.7. The predicted molar refractivity (Wildman–Crippen MR) is 258 cm³/mol. The highest BCUT2D eigenvalue weighted by Gasteiger charge is 2.50. The molecule has 354 valence electrons. The van der Waals surface area contributed by atoms with Gasteiger partial charge in [0.15, 0.2) is 6.10 Å². The van der Waals surface area contributed by atoms with Crippen molar-refractivity contribution < 1.29 is 38.1 Å². The number of nitrogens with zero attached hydrogens (tertiary/aromatic N) is 3. The summed E-state index contributed by atoms with van der Waals surface area (Å²) in [6, 6.07) is 24.2. The molecule has 7 rings (SSSR count). The maximum Gasteiger partial charge on any atom is 0.410 e. The fourth-order valence-corrected chi connectivity index (χ4v) is 9.94. The van der Waals surface area contributed by atoms with Crippen molar-refractivity contribution in [2.45, 2.75) is 131 Å². The van der Waals surface area contributed by atoms with E-state index in [1.807, 2.05) is 51.7 Å². The summed E-state index contributed by atoms with van der Waals surface area (Å²) in [5.74, 6) is -0.709. The molecule has 5 atom stereocenters. The highest BCUT2D eigenvalue weighted by Crippen LogP contribution is 2.41. The Hall–Kier alpha value is -5.26. The Morgan fingerprint density at radius 2 is 1.55 bits per heavy atom. The minimum atomic E-state index is -1.09. The number of esters is 2. The zero-order valence-corrected chi connectivity index (χ0v) is 40.4. The van der Waals surface area contributed by atoms with Gasteiger partial charge in [-0.05, 0) is 131 Å². The molecule has 0 N–H and O–H groups in total. The van der Waals surface area contributed by atoms with E-state index in [4.69, 9.17) is 28.7 Å². The highest BCUT2D eigenvalue weighted by molar-refractivity contribution is 5.97. The van der Waals surface area contributed by atoms with E-state index >= 15 is 0 Å². The molecule has 66 heavy (non-hydrogen) atoms. The van der Waals surface area contributed by atoms with Gasteiger partial charge in [-0.15, -0.1) is 0 Å². The number of amides is 1. The number of aryl methyl sites for hydroxylation is 1. The lowest BCUT2D eigenvalue weighted by molar-refractivity contribution is -0.258. The number of piperidine rings is 2. The monoisotopic (exact) mass is 902 g/mol. The SMILES string of the molecule is CC[C@H]1O[C@@H](OC2=NCC(C(C)C)=C2Cc2ccc(/C=C/CCN3CCCC4(CCN(C(=O)OC(C)(C)C)CC4)C3)cc2C)[C@H](OC(=O)c2ccccc2)[C@@H](OC(=O)c2ccccc2)[C@@H]1C. The molecule has 0 saturated carbocycles. The third kappa shape index (κ3) is 12.2. The largest absolute Gasteiger partial charge is 0.454 e. The Morgan fingerprint density at radius 1 is 0.894 bits per heavy atom. The van der Waals surface area contributed by atoms with Crippen LogP contribution in [0, 0.1) is 24.2 Å². The normalized spacial score (nSPS) is 23.6. The maximum atomic E-state index is 13.7. The van der Waals surface area contributed by atoms with E-state index in [1.54, 1.807) is 48.5 Å². The number of hydrogen-bond acceptors (Lipinski definition) is 10. The fourth-order valence-electron chi connectivity index (χ4n) is 9.94. The molecule has 4 heterocycles. The van der Waals surface area contributed by atoms with Crippen molar-refractivity contribution in [1.29, 1.82) is 0 Å². The number of benzene rings is 3. The van der Waals surface area contributed by atoms with Gasteiger partial charge >= 0.3 is 18.0 Å². The second kappa shape index (κ2) is 21.6. The van der Waals surface area contributed by atoms with Crippen molar-refractivity contribution in [3.63, 3.8) is 0 Å². The fraction of sp³-hybridized carbons (Fsp3) is 0.527. The molecule has 1 spiro atoms. The second-order valence-corrected chi connectivity index (χ2v) is 20.1. The molecule has 0 bridgehead atoms. The number of ether oxygens (including phenoxy) is 5. The van der Waals surface area contributed by atoms with Gasteiger partial charge in [-0.2, -0.15) is 0 Å².